The second-order valence-electron chi connectivity index (χ2n) is 5.31. The molecule has 0 spiro atoms. The highest BCUT2D eigenvalue weighted by Crippen LogP contribution is 2.35. The van der Waals surface area contributed by atoms with E-state index in [4.69, 9.17) is 11.6 Å². The summed E-state index contributed by atoms with van der Waals surface area (Å²) >= 11 is 6.16. The first-order chi connectivity index (χ1) is 8.66. The third-order valence-corrected chi connectivity index (χ3v) is 4.21. The smallest absolute Gasteiger partial charge is 0.158 e. The van der Waals surface area contributed by atoms with Crippen LogP contribution < -0.4 is 0 Å². The molecule has 0 radical (unpaired) electrons. The molecule has 1 aliphatic rings. The Balaban J connectivity index is 2.04. The molecule has 1 N–H and O–H groups in total. The van der Waals surface area contributed by atoms with Crippen LogP contribution in [0.1, 0.15) is 32.2 Å². The summed E-state index contributed by atoms with van der Waals surface area (Å²) in [5.74, 6) is 0.591. The van der Waals surface area contributed by atoms with Gasteiger partial charge in [0.2, 0.25) is 0 Å². The zero-order valence-electron chi connectivity index (χ0n) is 10.4. The van der Waals surface area contributed by atoms with Crippen molar-refractivity contribution < 1.29 is 5.11 Å². The van der Waals surface area contributed by atoms with Gasteiger partial charge in [-0.15, -0.1) is 0 Å². The van der Waals surface area contributed by atoms with E-state index >= 15 is 0 Å². The molecule has 1 aromatic heterocycles. The molecular weight excluding hydrogens is 248 g/mol. The first-order valence-corrected chi connectivity index (χ1v) is 6.85. The van der Waals surface area contributed by atoms with Crippen LogP contribution in [0.2, 0.25) is 5.15 Å². The molecular formula is C14H17ClN2O. The van der Waals surface area contributed by atoms with E-state index in [1.54, 1.807) is 0 Å². The van der Waals surface area contributed by atoms with Gasteiger partial charge in [-0.3, -0.25) is 4.68 Å². The van der Waals surface area contributed by atoms with Crippen LogP contribution in [-0.4, -0.2) is 21.0 Å². The lowest BCUT2D eigenvalue weighted by Crippen LogP contribution is -2.31. The number of para-hydroxylation sites is 1. The van der Waals surface area contributed by atoms with E-state index in [0.29, 0.717) is 11.1 Å². The summed E-state index contributed by atoms with van der Waals surface area (Å²) in [6, 6.07) is 7.98. The zero-order chi connectivity index (χ0) is 12.7. The molecule has 1 aliphatic carbocycles. The number of fused-ring (bicyclic) bond motifs is 1. The maximum absolute atomic E-state index is 10.3. The fraction of sp³-hybridized carbons (Fsp3) is 0.500. The number of nitrogens with zero attached hydrogens (tertiary/aromatic N) is 2. The van der Waals surface area contributed by atoms with Crippen LogP contribution in [0.25, 0.3) is 10.9 Å². The van der Waals surface area contributed by atoms with Crippen molar-refractivity contribution in [1.29, 1.82) is 0 Å². The number of rotatable bonds is 1. The Morgan fingerprint density at radius 2 is 2.11 bits per heavy atom. The van der Waals surface area contributed by atoms with Crippen molar-refractivity contribution in [1.82, 2.24) is 9.78 Å². The minimum absolute atomic E-state index is 0.0543. The van der Waals surface area contributed by atoms with Crippen LogP contribution in [0.15, 0.2) is 24.3 Å². The lowest BCUT2D eigenvalue weighted by molar-refractivity contribution is 0.0512. The van der Waals surface area contributed by atoms with Crippen molar-refractivity contribution in [2.75, 3.05) is 0 Å². The Labute approximate surface area is 111 Å². The zero-order valence-corrected chi connectivity index (χ0v) is 11.1. The standard InChI is InChI=1S/C14H17ClN2O/c1-9-6-7-12(13(18)8-9)17-11-5-3-2-4-10(11)14(15)16-17/h2-5,9,12-13,18H,6-8H2,1H3/t9-,12-,13?/m1/s1. The predicted octanol–water partition coefficient (Wildman–Crippen LogP) is 3.41. The topological polar surface area (TPSA) is 38.0 Å². The highest BCUT2D eigenvalue weighted by Gasteiger charge is 2.30. The maximum atomic E-state index is 10.3. The summed E-state index contributed by atoms with van der Waals surface area (Å²) in [5.41, 5.74) is 1.01. The lowest BCUT2D eigenvalue weighted by atomic mass is 9.85. The van der Waals surface area contributed by atoms with Gasteiger partial charge < -0.3 is 5.11 Å². The summed E-state index contributed by atoms with van der Waals surface area (Å²) in [6.07, 6.45) is 2.61. The van der Waals surface area contributed by atoms with Gasteiger partial charge in [0.25, 0.3) is 0 Å². The minimum Gasteiger partial charge on any atom is -0.391 e. The second kappa shape index (κ2) is 4.56. The van der Waals surface area contributed by atoms with Gasteiger partial charge in [-0.2, -0.15) is 5.10 Å². The summed E-state index contributed by atoms with van der Waals surface area (Å²) in [4.78, 5) is 0. The molecule has 1 fully saturated rings. The Morgan fingerprint density at radius 1 is 1.33 bits per heavy atom. The highest BCUT2D eigenvalue weighted by molar-refractivity contribution is 6.34. The number of hydrogen-bond acceptors (Lipinski definition) is 2. The predicted molar refractivity (Wildman–Crippen MR) is 72.8 cm³/mol. The minimum atomic E-state index is -0.326. The number of aliphatic hydroxyl groups is 1. The third-order valence-electron chi connectivity index (χ3n) is 3.93. The first-order valence-electron chi connectivity index (χ1n) is 6.47. The normalized spacial score (nSPS) is 28.7. The quantitative estimate of drug-likeness (QED) is 0.857. The molecule has 1 heterocycles. The second-order valence-corrected chi connectivity index (χ2v) is 5.66. The molecule has 0 amide bonds. The Bertz CT molecular complexity index is 566. The Morgan fingerprint density at radius 3 is 2.89 bits per heavy atom. The molecule has 1 saturated carbocycles. The number of aromatic nitrogens is 2. The van der Waals surface area contributed by atoms with Gasteiger partial charge in [0, 0.05) is 5.39 Å². The summed E-state index contributed by atoms with van der Waals surface area (Å²) in [6.45, 7) is 2.19. The molecule has 3 atom stereocenters. The van der Waals surface area contributed by atoms with E-state index in [9.17, 15) is 5.11 Å². The van der Waals surface area contributed by atoms with E-state index in [2.05, 4.69) is 12.0 Å². The first kappa shape index (κ1) is 12.0. The molecule has 4 heteroatoms. The monoisotopic (exact) mass is 264 g/mol. The Kier molecular flexibility index (Phi) is 3.04. The molecule has 3 nitrogen and oxygen atoms in total. The van der Waals surface area contributed by atoms with Gasteiger partial charge in [-0.05, 0) is 37.3 Å². The van der Waals surface area contributed by atoms with Crippen LogP contribution in [0.3, 0.4) is 0 Å². The molecule has 0 aliphatic heterocycles. The van der Waals surface area contributed by atoms with E-state index in [-0.39, 0.29) is 12.1 Å². The number of hydrogen-bond donors (Lipinski definition) is 1. The highest BCUT2D eigenvalue weighted by atomic mass is 35.5. The van der Waals surface area contributed by atoms with Gasteiger partial charge >= 0.3 is 0 Å². The van der Waals surface area contributed by atoms with Crippen LogP contribution in [0.4, 0.5) is 0 Å². The Hall–Kier alpha value is -1.06. The van der Waals surface area contributed by atoms with Gasteiger partial charge in [0.05, 0.1) is 17.7 Å². The SMILES string of the molecule is C[C@@H]1CC[C@@H](n2nc(Cl)c3ccccc32)C(O)C1. The summed E-state index contributed by atoms with van der Waals surface area (Å²) < 4.78 is 1.91. The number of aliphatic hydroxyl groups excluding tert-OH is 1. The number of halogens is 1. The van der Waals surface area contributed by atoms with Gasteiger partial charge in [0.1, 0.15) is 0 Å². The van der Waals surface area contributed by atoms with E-state index in [1.807, 2.05) is 28.9 Å². The average molecular weight is 265 g/mol. The third kappa shape index (κ3) is 1.91. The molecule has 0 saturated heterocycles. The van der Waals surface area contributed by atoms with Gasteiger partial charge in [-0.25, -0.2) is 0 Å². The molecule has 96 valence electrons. The van der Waals surface area contributed by atoms with Gasteiger partial charge in [-0.1, -0.05) is 30.7 Å². The molecule has 0 bridgehead atoms. The largest absolute Gasteiger partial charge is 0.391 e. The summed E-state index contributed by atoms with van der Waals surface area (Å²) in [5, 5.41) is 16.2. The van der Waals surface area contributed by atoms with Crippen LogP contribution >= 0.6 is 11.6 Å². The van der Waals surface area contributed by atoms with Crippen molar-refractivity contribution in [3.8, 4) is 0 Å². The fourth-order valence-corrected chi connectivity index (χ4v) is 3.16. The average Bonchev–Trinajstić information content (AvgIpc) is 2.68. The summed E-state index contributed by atoms with van der Waals surface area (Å²) in [7, 11) is 0. The molecule has 18 heavy (non-hydrogen) atoms. The van der Waals surface area contributed by atoms with Crippen molar-refractivity contribution in [2.45, 2.75) is 38.3 Å². The molecule has 1 unspecified atom stereocenters. The maximum Gasteiger partial charge on any atom is 0.158 e. The molecule has 1 aromatic carbocycles. The van der Waals surface area contributed by atoms with Crippen molar-refractivity contribution in [2.24, 2.45) is 5.92 Å². The van der Waals surface area contributed by atoms with Gasteiger partial charge in [0.15, 0.2) is 5.15 Å². The van der Waals surface area contributed by atoms with Crippen molar-refractivity contribution >= 4 is 22.5 Å². The molecule has 2 aromatic rings. The van der Waals surface area contributed by atoms with E-state index < -0.39 is 0 Å². The van der Waals surface area contributed by atoms with Crippen LogP contribution in [0.5, 0.6) is 0 Å². The molecule has 3 rings (SSSR count). The number of benzene rings is 1. The lowest BCUT2D eigenvalue weighted by Gasteiger charge is -2.31. The fourth-order valence-electron chi connectivity index (χ4n) is 2.92. The van der Waals surface area contributed by atoms with Crippen molar-refractivity contribution in [3.63, 3.8) is 0 Å². The van der Waals surface area contributed by atoms with E-state index in [0.717, 1.165) is 30.2 Å². The van der Waals surface area contributed by atoms with Crippen LogP contribution in [0, 0.1) is 5.92 Å². The van der Waals surface area contributed by atoms with E-state index in [1.165, 1.54) is 0 Å². The van der Waals surface area contributed by atoms with Crippen LogP contribution in [-0.2, 0) is 0 Å². The van der Waals surface area contributed by atoms with Crippen molar-refractivity contribution in [3.05, 3.63) is 29.4 Å².